The van der Waals surface area contributed by atoms with Crippen LogP contribution in [0.1, 0.15) is 88.2 Å². The van der Waals surface area contributed by atoms with E-state index >= 15 is 0 Å². The molecule has 12 nitrogen and oxygen atoms in total. The van der Waals surface area contributed by atoms with E-state index in [9.17, 15) is 19.2 Å². The van der Waals surface area contributed by atoms with Gasteiger partial charge in [-0.2, -0.15) is 0 Å². The van der Waals surface area contributed by atoms with Gasteiger partial charge in [-0.05, 0) is 87.2 Å². The van der Waals surface area contributed by atoms with E-state index in [1.807, 2.05) is 60.7 Å². The molecule has 2 aromatic carbocycles. The molecule has 0 spiro atoms. The number of methoxy groups -OCH3 is 2. The minimum Gasteiger partial charge on any atom is -0.469 e. The topological polar surface area (TPSA) is 130 Å². The smallest absolute Gasteiger partial charge is 0.410 e. The van der Waals surface area contributed by atoms with Crippen LogP contribution >= 0.6 is 0 Å². The molecule has 2 atom stereocenters. The van der Waals surface area contributed by atoms with Crippen LogP contribution in [0.5, 0.6) is 0 Å². The van der Waals surface area contributed by atoms with Gasteiger partial charge in [0, 0.05) is 25.9 Å². The van der Waals surface area contributed by atoms with Gasteiger partial charge in [-0.3, -0.25) is 9.59 Å². The van der Waals surface area contributed by atoms with Crippen LogP contribution in [-0.4, -0.2) is 98.7 Å². The number of carbonyl (C=O) groups excluding carboxylic acids is 4. The number of rotatable bonds is 12. The molecule has 0 radical (unpaired) electrons. The third-order valence-corrected chi connectivity index (χ3v) is 10.9. The second kappa shape index (κ2) is 21.7. The molecule has 2 aliphatic heterocycles. The molecule has 2 saturated heterocycles. The lowest BCUT2D eigenvalue weighted by Crippen LogP contribution is -2.33. The summed E-state index contributed by atoms with van der Waals surface area (Å²) in [5.74, 6) is 0.565. The van der Waals surface area contributed by atoms with Gasteiger partial charge in [0.25, 0.3) is 0 Å². The van der Waals surface area contributed by atoms with Gasteiger partial charge in [0.2, 0.25) is 0 Å². The number of ether oxygens (including phenoxy) is 6. The van der Waals surface area contributed by atoms with Crippen LogP contribution in [0.3, 0.4) is 0 Å². The zero-order valence-electron chi connectivity index (χ0n) is 31.9. The lowest BCUT2D eigenvalue weighted by Gasteiger charge is -2.30. The Morgan fingerprint density at radius 2 is 0.889 bits per heavy atom. The molecular weight excluding hydrogens is 692 g/mol. The van der Waals surface area contributed by atoms with E-state index in [4.69, 9.17) is 28.4 Å². The minimum atomic E-state index is -0.272. The van der Waals surface area contributed by atoms with Crippen LogP contribution in [0, 0.1) is 11.8 Å². The van der Waals surface area contributed by atoms with Crippen molar-refractivity contribution in [2.45, 2.75) is 115 Å². The van der Waals surface area contributed by atoms with Crippen molar-refractivity contribution >= 4 is 24.1 Å². The number of amides is 2. The Morgan fingerprint density at radius 1 is 0.519 bits per heavy atom. The standard InChI is InChI=1S/2C21H29NO5/c2*1-25-20(23)13-16-7-9-18(10-8-16)27-19-11-12-22(14-19)21(24)26-15-17-5-3-2-4-6-17/h2*2-6,16,18-19H,7-15H2,1H3/t2*16?,18?,19-/m10/s1. The summed E-state index contributed by atoms with van der Waals surface area (Å²) in [6.07, 6.45) is 10.6. The summed E-state index contributed by atoms with van der Waals surface area (Å²) in [6, 6.07) is 19.4. The van der Waals surface area contributed by atoms with Crippen LogP contribution in [0.2, 0.25) is 0 Å². The molecule has 12 heteroatoms. The van der Waals surface area contributed by atoms with Crippen molar-refractivity contribution < 1.29 is 47.6 Å². The summed E-state index contributed by atoms with van der Waals surface area (Å²) in [6.45, 7) is 3.13. The van der Waals surface area contributed by atoms with E-state index in [0.29, 0.717) is 64.1 Å². The summed E-state index contributed by atoms with van der Waals surface area (Å²) in [7, 11) is 2.88. The molecule has 2 aromatic rings. The molecule has 296 valence electrons. The molecule has 54 heavy (non-hydrogen) atoms. The van der Waals surface area contributed by atoms with Gasteiger partial charge in [-0.15, -0.1) is 0 Å². The summed E-state index contributed by atoms with van der Waals surface area (Å²) in [4.78, 5) is 50.7. The average Bonchev–Trinajstić information content (AvgIpc) is 3.89. The number of carbonyl (C=O) groups is 4. The Kier molecular flexibility index (Phi) is 16.4. The zero-order chi connectivity index (χ0) is 38.1. The van der Waals surface area contributed by atoms with Crippen LogP contribution in [0.4, 0.5) is 9.59 Å². The SMILES string of the molecule is COC(=O)CC1CCC(O[C@@H]2CCN(C(=O)OCc3ccccc3)C2)CC1.COC(=O)CC1CCC(O[C@H]2CCN(C(=O)OCc3ccccc3)C2)CC1. The van der Waals surface area contributed by atoms with E-state index in [-0.39, 0.29) is 48.5 Å². The number of nitrogens with zero attached hydrogens (tertiary/aromatic N) is 2. The summed E-state index contributed by atoms with van der Waals surface area (Å²) >= 11 is 0. The van der Waals surface area contributed by atoms with Crippen LogP contribution in [0.15, 0.2) is 60.7 Å². The first kappa shape index (κ1) is 41.0. The fraction of sp³-hybridized carbons (Fsp3) is 0.619. The lowest BCUT2D eigenvalue weighted by atomic mass is 9.85. The van der Waals surface area contributed by atoms with E-state index in [1.54, 1.807) is 9.80 Å². The van der Waals surface area contributed by atoms with Crippen molar-refractivity contribution in [2.75, 3.05) is 40.4 Å². The van der Waals surface area contributed by atoms with Crippen molar-refractivity contribution in [1.29, 1.82) is 0 Å². The maximum atomic E-state index is 12.2. The normalized spacial score (nSPS) is 25.2. The van der Waals surface area contributed by atoms with Crippen LogP contribution in [0.25, 0.3) is 0 Å². The number of hydrogen-bond donors (Lipinski definition) is 0. The average molecular weight is 751 g/mol. The molecular formula is C42H58N2O10. The van der Waals surface area contributed by atoms with Crippen molar-refractivity contribution in [3.8, 4) is 0 Å². The predicted molar refractivity (Wildman–Crippen MR) is 200 cm³/mol. The lowest BCUT2D eigenvalue weighted by molar-refractivity contribution is -0.143. The molecule has 0 bridgehead atoms. The van der Waals surface area contributed by atoms with E-state index < -0.39 is 0 Å². The Labute approximate surface area is 319 Å². The zero-order valence-corrected chi connectivity index (χ0v) is 31.9. The highest BCUT2D eigenvalue weighted by atomic mass is 16.6. The highest BCUT2D eigenvalue weighted by molar-refractivity contribution is 5.70. The molecule has 6 rings (SSSR count). The third-order valence-electron chi connectivity index (χ3n) is 10.9. The molecule has 2 amide bonds. The molecule has 2 aliphatic carbocycles. The van der Waals surface area contributed by atoms with Crippen LogP contribution in [-0.2, 0) is 51.2 Å². The molecule has 0 unspecified atom stereocenters. The Bertz CT molecular complexity index is 1330. The van der Waals surface area contributed by atoms with Crippen molar-refractivity contribution in [3.05, 3.63) is 71.8 Å². The second-order valence-corrected chi connectivity index (χ2v) is 14.9. The first-order chi connectivity index (χ1) is 26.3. The van der Waals surface area contributed by atoms with Gasteiger partial charge in [-0.1, -0.05) is 60.7 Å². The molecule has 0 N–H and O–H groups in total. The van der Waals surface area contributed by atoms with Gasteiger partial charge in [0.15, 0.2) is 0 Å². The number of likely N-dealkylation sites (tertiary alicyclic amines) is 2. The van der Waals surface area contributed by atoms with Gasteiger partial charge < -0.3 is 38.2 Å². The number of benzene rings is 2. The Hall–Kier alpha value is -4.16. The summed E-state index contributed by atoms with van der Waals surface area (Å²) in [5, 5.41) is 0. The van der Waals surface area contributed by atoms with Crippen molar-refractivity contribution in [1.82, 2.24) is 9.80 Å². The fourth-order valence-electron chi connectivity index (χ4n) is 7.76. The first-order valence-electron chi connectivity index (χ1n) is 19.6. The molecule has 2 heterocycles. The summed E-state index contributed by atoms with van der Waals surface area (Å²) < 4.78 is 32.7. The molecule has 4 fully saturated rings. The third kappa shape index (κ3) is 13.6. The Morgan fingerprint density at radius 3 is 1.24 bits per heavy atom. The second-order valence-electron chi connectivity index (χ2n) is 14.9. The van der Waals surface area contributed by atoms with Crippen molar-refractivity contribution in [2.24, 2.45) is 11.8 Å². The van der Waals surface area contributed by atoms with E-state index in [2.05, 4.69) is 0 Å². The molecule has 0 aromatic heterocycles. The highest BCUT2D eigenvalue weighted by Gasteiger charge is 2.33. The fourth-order valence-corrected chi connectivity index (χ4v) is 7.76. The molecule has 4 aliphatic rings. The van der Waals surface area contributed by atoms with E-state index in [0.717, 1.165) is 75.3 Å². The van der Waals surface area contributed by atoms with Gasteiger partial charge >= 0.3 is 24.1 Å². The highest BCUT2D eigenvalue weighted by Crippen LogP contribution is 2.32. The van der Waals surface area contributed by atoms with Crippen LogP contribution < -0.4 is 0 Å². The number of hydrogen-bond acceptors (Lipinski definition) is 10. The van der Waals surface area contributed by atoms with Gasteiger partial charge in [0.05, 0.1) is 51.7 Å². The Balaban J connectivity index is 0.000000208. The minimum absolute atomic E-state index is 0.0800. The van der Waals surface area contributed by atoms with Crippen molar-refractivity contribution in [3.63, 3.8) is 0 Å². The monoisotopic (exact) mass is 750 g/mol. The van der Waals surface area contributed by atoms with Gasteiger partial charge in [-0.25, -0.2) is 9.59 Å². The van der Waals surface area contributed by atoms with E-state index in [1.165, 1.54) is 14.2 Å². The van der Waals surface area contributed by atoms with Gasteiger partial charge in [0.1, 0.15) is 13.2 Å². The maximum Gasteiger partial charge on any atom is 0.410 e. The predicted octanol–water partition coefficient (Wildman–Crippen LogP) is 7.07. The largest absolute Gasteiger partial charge is 0.469 e. The maximum absolute atomic E-state index is 12.2. The number of esters is 2. The summed E-state index contributed by atoms with van der Waals surface area (Å²) in [5.41, 5.74) is 1.98. The molecule has 2 saturated carbocycles. The quantitative estimate of drug-likeness (QED) is 0.164. The first-order valence-corrected chi connectivity index (χ1v) is 19.6.